The molecule has 0 aliphatic rings. The Labute approximate surface area is 227 Å². The number of rotatable bonds is 9. The lowest BCUT2D eigenvalue weighted by atomic mass is 10.2. The molecule has 4 rings (SSSR count). The van der Waals surface area contributed by atoms with Crippen LogP contribution in [-0.2, 0) is 24.8 Å². The van der Waals surface area contributed by atoms with Gasteiger partial charge in [0.1, 0.15) is 6.54 Å². The van der Waals surface area contributed by atoms with Crippen molar-refractivity contribution in [3.05, 3.63) is 102 Å². The number of sulfonamides is 2. The molecule has 4 aromatic rings. The molecule has 0 saturated heterocycles. The minimum absolute atomic E-state index is 0.0410. The molecular formula is C27H27N5O5S2. The van der Waals surface area contributed by atoms with E-state index in [1.807, 2.05) is 6.92 Å². The number of aromatic nitrogens is 2. The first kappa shape index (κ1) is 27.7. The maximum absolute atomic E-state index is 13.4. The maximum atomic E-state index is 13.4. The van der Waals surface area contributed by atoms with Gasteiger partial charge < -0.3 is 5.32 Å². The van der Waals surface area contributed by atoms with Crippen molar-refractivity contribution in [2.45, 2.75) is 30.6 Å². The van der Waals surface area contributed by atoms with Crippen LogP contribution in [0.15, 0.2) is 94.7 Å². The Bertz CT molecular complexity index is 1670. The molecule has 1 aromatic heterocycles. The summed E-state index contributed by atoms with van der Waals surface area (Å²) in [6.45, 7) is 4.84. The lowest BCUT2D eigenvalue weighted by Crippen LogP contribution is -2.38. The van der Waals surface area contributed by atoms with Crippen molar-refractivity contribution in [2.75, 3.05) is 20.9 Å². The summed E-state index contributed by atoms with van der Waals surface area (Å²) < 4.78 is 55.8. The molecule has 3 aromatic carbocycles. The molecule has 0 atom stereocenters. The van der Waals surface area contributed by atoms with Crippen LogP contribution in [0.4, 0.5) is 17.3 Å². The first-order valence-electron chi connectivity index (χ1n) is 11.8. The highest BCUT2D eigenvalue weighted by molar-refractivity contribution is 7.93. The van der Waals surface area contributed by atoms with Crippen LogP contribution in [0.25, 0.3) is 0 Å². The van der Waals surface area contributed by atoms with Crippen molar-refractivity contribution in [3.63, 3.8) is 0 Å². The largest absolute Gasteiger partial charge is 0.325 e. The Morgan fingerprint density at radius 1 is 0.769 bits per heavy atom. The minimum Gasteiger partial charge on any atom is -0.325 e. The molecule has 0 aliphatic heterocycles. The van der Waals surface area contributed by atoms with E-state index in [1.54, 1.807) is 62.4 Å². The van der Waals surface area contributed by atoms with Crippen LogP contribution in [0.3, 0.4) is 0 Å². The van der Waals surface area contributed by atoms with Gasteiger partial charge in [-0.05, 0) is 75.4 Å². The predicted molar refractivity (Wildman–Crippen MR) is 150 cm³/mol. The Kier molecular flexibility index (Phi) is 7.98. The molecule has 12 heteroatoms. The molecular weight excluding hydrogens is 538 g/mol. The van der Waals surface area contributed by atoms with E-state index in [0.29, 0.717) is 22.8 Å². The second-order valence-electron chi connectivity index (χ2n) is 8.81. The van der Waals surface area contributed by atoms with E-state index in [0.717, 1.165) is 9.87 Å². The molecule has 0 aliphatic carbocycles. The van der Waals surface area contributed by atoms with Crippen LogP contribution in [0.2, 0.25) is 0 Å². The number of carbonyl (C=O) groups excluding carboxylic acids is 1. The summed E-state index contributed by atoms with van der Waals surface area (Å²) in [5, 5.41) is 2.64. The standard InChI is InChI=1S/C27H27N5O5S2/c1-19-9-13-23(14-10-19)32(39(36,37)25-7-5-4-6-8-25)18-26(33)30-22-11-15-24(16-12-22)38(34,35)31-27-28-20(2)17-21(3)29-27/h4-17H,18H2,1-3H3,(H,30,33)(H,28,29,31). The lowest BCUT2D eigenvalue weighted by Gasteiger charge is -2.24. The monoisotopic (exact) mass is 565 g/mol. The summed E-state index contributed by atoms with van der Waals surface area (Å²) in [5.74, 6) is -0.645. The van der Waals surface area contributed by atoms with Gasteiger partial charge in [-0.15, -0.1) is 0 Å². The van der Waals surface area contributed by atoms with Crippen molar-refractivity contribution in [2.24, 2.45) is 0 Å². The van der Waals surface area contributed by atoms with Crippen molar-refractivity contribution < 1.29 is 21.6 Å². The van der Waals surface area contributed by atoms with E-state index in [-0.39, 0.29) is 15.7 Å². The van der Waals surface area contributed by atoms with E-state index >= 15 is 0 Å². The number of benzene rings is 3. The van der Waals surface area contributed by atoms with E-state index in [2.05, 4.69) is 20.0 Å². The van der Waals surface area contributed by atoms with Gasteiger partial charge in [0, 0.05) is 17.1 Å². The molecule has 0 unspecified atom stereocenters. The first-order chi connectivity index (χ1) is 18.4. The quantitative estimate of drug-likeness (QED) is 0.312. The molecule has 1 heterocycles. The third-order valence-corrected chi connectivity index (χ3v) is 8.73. The lowest BCUT2D eigenvalue weighted by molar-refractivity contribution is -0.114. The molecule has 39 heavy (non-hydrogen) atoms. The van der Waals surface area contributed by atoms with Gasteiger partial charge in [-0.1, -0.05) is 35.9 Å². The first-order valence-corrected chi connectivity index (χ1v) is 14.8. The van der Waals surface area contributed by atoms with Crippen LogP contribution >= 0.6 is 0 Å². The minimum atomic E-state index is -4.04. The number of carbonyl (C=O) groups is 1. The zero-order valence-corrected chi connectivity index (χ0v) is 23.1. The zero-order valence-electron chi connectivity index (χ0n) is 21.5. The van der Waals surface area contributed by atoms with Crippen molar-refractivity contribution in [1.29, 1.82) is 0 Å². The van der Waals surface area contributed by atoms with Gasteiger partial charge >= 0.3 is 0 Å². The van der Waals surface area contributed by atoms with Gasteiger partial charge in [-0.3, -0.25) is 9.10 Å². The number of hydrogen-bond donors (Lipinski definition) is 2. The topological polar surface area (TPSA) is 138 Å². The van der Waals surface area contributed by atoms with Crippen LogP contribution in [0.5, 0.6) is 0 Å². The Morgan fingerprint density at radius 2 is 1.36 bits per heavy atom. The summed E-state index contributed by atoms with van der Waals surface area (Å²) in [5.41, 5.74) is 2.80. The Hall–Kier alpha value is -4.29. The average molecular weight is 566 g/mol. The summed E-state index contributed by atoms with van der Waals surface area (Å²) in [6.07, 6.45) is 0. The molecule has 1 amide bonds. The number of amides is 1. The van der Waals surface area contributed by atoms with Crippen molar-refractivity contribution >= 4 is 43.3 Å². The highest BCUT2D eigenvalue weighted by Gasteiger charge is 2.27. The Balaban J connectivity index is 1.52. The normalized spacial score (nSPS) is 11.6. The van der Waals surface area contributed by atoms with Crippen LogP contribution < -0.4 is 14.3 Å². The highest BCUT2D eigenvalue weighted by Crippen LogP contribution is 2.24. The fourth-order valence-corrected chi connectivity index (χ4v) is 6.13. The van der Waals surface area contributed by atoms with Gasteiger partial charge in [-0.2, -0.15) is 0 Å². The van der Waals surface area contributed by atoms with Gasteiger partial charge in [-0.25, -0.2) is 31.5 Å². The van der Waals surface area contributed by atoms with Gasteiger partial charge in [0.2, 0.25) is 11.9 Å². The van der Waals surface area contributed by atoms with Gasteiger partial charge in [0.05, 0.1) is 15.5 Å². The molecule has 0 spiro atoms. The van der Waals surface area contributed by atoms with Gasteiger partial charge in [0.15, 0.2) is 0 Å². The van der Waals surface area contributed by atoms with Crippen LogP contribution in [-0.4, -0.2) is 39.3 Å². The molecule has 2 N–H and O–H groups in total. The van der Waals surface area contributed by atoms with Crippen molar-refractivity contribution in [3.8, 4) is 0 Å². The van der Waals surface area contributed by atoms with Crippen LogP contribution in [0.1, 0.15) is 17.0 Å². The number of aryl methyl sites for hydroxylation is 3. The third kappa shape index (κ3) is 6.78. The highest BCUT2D eigenvalue weighted by atomic mass is 32.2. The fraction of sp³-hybridized carbons (Fsp3) is 0.148. The molecule has 10 nitrogen and oxygen atoms in total. The molecule has 0 bridgehead atoms. The SMILES string of the molecule is Cc1ccc(N(CC(=O)Nc2ccc(S(=O)(=O)Nc3nc(C)cc(C)n3)cc2)S(=O)(=O)c2ccccc2)cc1. The summed E-state index contributed by atoms with van der Waals surface area (Å²) in [6, 6.07) is 21.8. The van der Waals surface area contributed by atoms with E-state index in [9.17, 15) is 21.6 Å². The summed E-state index contributed by atoms with van der Waals surface area (Å²) in [4.78, 5) is 21.1. The zero-order chi connectivity index (χ0) is 28.2. The van der Waals surface area contributed by atoms with Crippen LogP contribution in [0, 0.1) is 20.8 Å². The predicted octanol–water partition coefficient (Wildman–Crippen LogP) is 4.04. The Morgan fingerprint density at radius 3 is 1.95 bits per heavy atom. The molecule has 0 radical (unpaired) electrons. The molecule has 0 fully saturated rings. The number of hydrogen-bond acceptors (Lipinski definition) is 7. The number of nitrogens with zero attached hydrogens (tertiary/aromatic N) is 3. The summed E-state index contributed by atoms with van der Waals surface area (Å²) >= 11 is 0. The smallest absolute Gasteiger partial charge is 0.264 e. The fourth-order valence-electron chi connectivity index (χ4n) is 3.74. The maximum Gasteiger partial charge on any atom is 0.264 e. The van der Waals surface area contributed by atoms with E-state index in [4.69, 9.17) is 0 Å². The number of nitrogens with one attached hydrogen (secondary N) is 2. The molecule has 0 saturated carbocycles. The van der Waals surface area contributed by atoms with E-state index in [1.165, 1.54) is 36.4 Å². The molecule has 202 valence electrons. The van der Waals surface area contributed by atoms with E-state index < -0.39 is 32.5 Å². The number of anilines is 3. The van der Waals surface area contributed by atoms with Gasteiger partial charge in [0.25, 0.3) is 20.0 Å². The average Bonchev–Trinajstić information content (AvgIpc) is 2.88. The second-order valence-corrected chi connectivity index (χ2v) is 12.4. The summed E-state index contributed by atoms with van der Waals surface area (Å²) in [7, 11) is -8.02. The third-order valence-electron chi connectivity index (χ3n) is 5.60. The second kappa shape index (κ2) is 11.2. The van der Waals surface area contributed by atoms with Crippen molar-refractivity contribution in [1.82, 2.24) is 9.97 Å².